The summed E-state index contributed by atoms with van der Waals surface area (Å²) in [6, 6.07) is 0. The summed E-state index contributed by atoms with van der Waals surface area (Å²) in [7, 11) is 0. The molecular formula is H13AlBiFeGaInMg. The first kappa shape index (κ1) is 48.9. The summed E-state index contributed by atoms with van der Waals surface area (Å²) < 4.78 is 0. The summed E-state index contributed by atoms with van der Waals surface area (Å²) in [5, 5.41) is 0. The largest absolute Gasteiger partial charge is 2.00 e. The zero-order valence-corrected chi connectivity index (χ0v) is 12.8. The second kappa shape index (κ2) is 35.0. The first-order valence-corrected chi connectivity index (χ1v) is 0. The predicted octanol–water partition coefficient (Wildman–Crippen LogP) is -4.63. The van der Waals surface area contributed by atoms with E-state index in [1.165, 1.54) is 0 Å². The van der Waals surface area contributed by atoms with Gasteiger partial charge in [0.25, 0.3) is 0 Å². The smallest absolute Gasteiger partial charge is 2.00 e. The van der Waals surface area contributed by atoms with Crippen LogP contribution in [0.2, 0.25) is 0 Å². The molecule has 1 radical (unpaired) electrons. The summed E-state index contributed by atoms with van der Waals surface area (Å²) in [6.07, 6.45) is 0. The fourth-order valence-corrected chi connectivity index (χ4v) is 0. The molecule has 0 heterocycles. The van der Waals surface area contributed by atoms with Crippen molar-refractivity contribution in [3.05, 3.63) is 0 Å². The van der Waals surface area contributed by atoms with Gasteiger partial charge in [0.1, 0.15) is 17.4 Å². The second-order valence-electron chi connectivity index (χ2n) is 0. The molecule has 0 spiro atoms. The van der Waals surface area contributed by atoms with E-state index in [0.717, 1.165) is 0 Å². The van der Waals surface area contributed by atoms with Gasteiger partial charge >= 0.3 is 94.9 Å². The Morgan fingerprint density at radius 2 is 1.17 bits per heavy atom. The Morgan fingerprint density at radius 3 is 1.17 bits per heavy atom. The van der Waals surface area contributed by atoms with Gasteiger partial charge in [-0.05, 0) is 0 Å². The molecule has 0 rings (SSSR count). The van der Waals surface area contributed by atoms with E-state index in [1.54, 1.807) is 0 Å². The molecule has 0 unspecified atom stereocenters. The predicted molar refractivity (Wildman–Crippen MR) is 46.3 cm³/mol. The maximum atomic E-state index is 0. The molecule has 0 fully saturated rings. The normalized spacial score (nSPS) is 0. The third-order valence-corrected chi connectivity index (χ3v) is 0. The molecule has 6 heavy (non-hydrogen) atoms. The maximum absolute atomic E-state index is 0. The van der Waals surface area contributed by atoms with Crippen molar-refractivity contribution in [2.45, 2.75) is 0 Å². The van der Waals surface area contributed by atoms with E-state index in [1.807, 2.05) is 0 Å². The van der Waals surface area contributed by atoms with Crippen LogP contribution in [0.1, 0.15) is 2.85 Å². The van der Waals surface area contributed by atoms with Crippen LogP contribution < -0.4 is 0 Å². The van der Waals surface area contributed by atoms with Crippen molar-refractivity contribution >= 4 is 112 Å². The Hall–Kier alpha value is 4.21. The van der Waals surface area contributed by atoms with Crippen LogP contribution in [-0.2, 0) is 17.1 Å². The Morgan fingerprint density at radius 1 is 1.17 bits per heavy atom. The van der Waals surface area contributed by atoms with Gasteiger partial charge in [-0.15, -0.1) is 0 Å². The van der Waals surface area contributed by atoms with Gasteiger partial charge in [0.15, 0.2) is 0 Å². The summed E-state index contributed by atoms with van der Waals surface area (Å²) in [5.74, 6) is 0. The third kappa shape index (κ3) is 24.1. The van der Waals surface area contributed by atoms with Crippen molar-refractivity contribution in [1.82, 2.24) is 0 Å². The van der Waals surface area contributed by atoms with Gasteiger partial charge in [0.2, 0.25) is 0 Å². The number of hydrogen-bond donors (Lipinski definition) is 0. The Labute approximate surface area is 129 Å². The topological polar surface area (TPSA) is 0 Å². The Kier molecular flexibility index (Phi) is 285. The van der Waals surface area contributed by atoms with Crippen LogP contribution in [0.5, 0.6) is 0 Å². The molecule has 0 aromatic heterocycles. The van der Waals surface area contributed by atoms with Gasteiger partial charge in [-0.25, -0.2) is 0 Å². The minimum absolute atomic E-state index is 0. The van der Waals surface area contributed by atoms with Crippen LogP contribution in [-0.4, -0.2) is 112 Å². The average molecular weight is 514 g/mol. The minimum Gasteiger partial charge on any atom is 2.00 e. The molecule has 0 bridgehead atoms. The maximum Gasteiger partial charge on any atom is 2.00 e. The molecule has 0 saturated carbocycles. The molecule has 6 heteroatoms. The molecule has 0 aromatic rings. The van der Waals surface area contributed by atoms with Crippen molar-refractivity contribution in [1.29, 1.82) is 0 Å². The molecule has 0 aromatic carbocycles. The van der Waals surface area contributed by atoms with Gasteiger partial charge < -0.3 is 2.85 Å². The van der Waals surface area contributed by atoms with Gasteiger partial charge in [-0.3, -0.25) is 0 Å². The molecule has 0 aliphatic rings. The minimum atomic E-state index is 0. The second-order valence-corrected chi connectivity index (χ2v) is 0. The van der Waals surface area contributed by atoms with E-state index in [9.17, 15) is 0 Å². The SMILES string of the molecule is [AlH2].[BiH3].[Fe].[GaH3].[H-].[H-].[InH3].[Mg+2]. The van der Waals surface area contributed by atoms with Gasteiger partial charge in [-0.2, -0.15) is 0 Å². The van der Waals surface area contributed by atoms with Crippen molar-refractivity contribution < 1.29 is 19.9 Å². The number of rotatable bonds is 0. The van der Waals surface area contributed by atoms with E-state index < -0.39 is 0 Å². The van der Waals surface area contributed by atoms with E-state index >= 15 is 0 Å². The zero-order chi connectivity index (χ0) is 0. The quantitative estimate of drug-likeness (QED) is 0.286. The Bertz CT molecular complexity index is 22.0. The molecule has 0 aliphatic carbocycles. The van der Waals surface area contributed by atoms with Gasteiger partial charge in [0.05, 0.1) is 0 Å². The Balaban J connectivity index is 0. The van der Waals surface area contributed by atoms with Crippen LogP contribution in [0.3, 0.4) is 0 Å². The van der Waals surface area contributed by atoms with E-state index in [0.29, 0.717) is 0 Å². The molecule has 0 atom stereocenters. The van der Waals surface area contributed by atoms with Gasteiger partial charge in [0, 0.05) is 17.1 Å². The summed E-state index contributed by atoms with van der Waals surface area (Å²) in [5.41, 5.74) is 0. The van der Waals surface area contributed by atoms with Crippen molar-refractivity contribution in [3.63, 3.8) is 0 Å². The molecule has 0 saturated heterocycles. The van der Waals surface area contributed by atoms with Crippen molar-refractivity contribution in [2.24, 2.45) is 0 Å². The third-order valence-electron chi connectivity index (χ3n) is 0. The van der Waals surface area contributed by atoms with Crippen LogP contribution >= 0.6 is 0 Å². The summed E-state index contributed by atoms with van der Waals surface area (Å²) in [4.78, 5) is 0. The average Bonchev–Trinajstić information content (AvgIpc) is 0. The van der Waals surface area contributed by atoms with Crippen LogP contribution in [0.15, 0.2) is 0 Å². The van der Waals surface area contributed by atoms with Crippen LogP contribution in [0.25, 0.3) is 0 Å². The molecule has 0 N–H and O–H groups in total. The summed E-state index contributed by atoms with van der Waals surface area (Å²) >= 11 is 0. The summed E-state index contributed by atoms with van der Waals surface area (Å²) in [6.45, 7) is 0. The first-order valence-electron chi connectivity index (χ1n) is 0. The van der Waals surface area contributed by atoms with Crippen LogP contribution in [0, 0.1) is 0 Å². The monoisotopic (exact) mass is 513 g/mol. The van der Waals surface area contributed by atoms with Crippen LogP contribution in [0.4, 0.5) is 0 Å². The number of hydrogen-bond acceptors (Lipinski definition) is 0. The zero-order valence-electron chi connectivity index (χ0n) is 4.77. The molecular weight excluding hydrogens is 501 g/mol. The first-order chi connectivity index (χ1) is 0. The molecule has 0 amide bonds. The fraction of sp³-hybridized carbons (Fsp3) is 0. The fourth-order valence-electron chi connectivity index (χ4n) is 0. The van der Waals surface area contributed by atoms with Gasteiger partial charge in [-0.1, -0.05) is 0 Å². The molecule has 37 valence electrons. The van der Waals surface area contributed by atoms with E-state index in [-0.39, 0.29) is 132 Å². The standard InChI is InChI=1S/Al.Bi.Fe.Ga.In.Mg.13H/q;;;;;+2;;;;;;;;;;;;2*-1. The molecule has 0 aliphatic heterocycles. The van der Waals surface area contributed by atoms with Crippen molar-refractivity contribution in [2.75, 3.05) is 0 Å². The van der Waals surface area contributed by atoms with E-state index in [2.05, 4.69) is 0 Å². The van der Waals surface area contributed by atoms with Crippen molar-refractivity contribution in [3.8, 4) is 0 Å². The molecule has 0 nitrogen and oxygen atoms in total. The van der Waals surface area contributed by atoms with E-state index in [4.69, 9.17) is 0 Å².